The second kappa shape index (κ2) is 4.16. The Labute approximate surface area is 113 Å². The Bertz CT molecular complexity index is 498. The first-order valence-corrected chi connectivity index (χ1v) is 8.20. The van der Waals surface area contributed by atoms with E-state index < -0.39 is 0 Å². The van der Waals surface area contributed by atoms with Crippen molar-refractivity contribution in [1.29, 1.82) is 0 Å². The highest BCUT2D eigenvalue weighted by atomic mass is 32.2. The summed E-state index contributed by atoms with van der Waals surface area (Å²) in [5, 5.41) is 2.05. The van der Waals surface area contributed by atoms with Crippen LogP contribution < -0.4 is 5.73 Å². The maximum atomic E-state index is 6.49. The van der Waals surface area contributed by atoms with Crippen LogP contribution in [0.25, 0.3) is 0 Å². The van der Waals surface area contributed by atoms with E-state index in [1.807, 2.05) is 11.8 Å². The number of aryl methyl sites for hydroxylation is 1. The minimum Gasteiger partial charge on any atom is -0.398 e. The average molecular weight is 260 g/mol. The molecule has 96 valence electrons. The molecule has 3 aliphatic rings. The highest BCUT2D eigenvalue weighted by molar-refractivity contribution is 8.00. The van der Waals surface area contributed by atoms with Gasteiger partial charge in [-0.15, -0.1) is 11.8 Å². The zero-order valence-electron chi connectivity index (χ0n) is 10.7. The first kappa shape index (κ1) is 11.2. The smallest absolute Gasteiger partial charge is 0.102 e. The highest BCUT2D eigenvalue weighted by Gasteiger charge is 2.38. The zero-order chi connectivity index (χ0) is 12.1. The van der Waals surface area contributed by atoms with Crippen molar-refractivity contribution in [2.24, 2.45) is 0 Å². The van der Waals surface area contributed by atoms with Gasteiger partial charge >= 0.3 is 0 Å². The molecule has 0 radical (unpaired) electrons. The number of nitrogen functional groups attached to an aromatic ring is 1. The Morgan fingerprint density at radius 2 is 1.94 bits per heavy atom. The summed E-state index contributed by atoms with van der Waals surface area (Å²) < 4.78 is 0. The zero-order valence-corrected chi connectivity index (χ0v) is 11.6. The third-order valence-corrected chi connectivity index (χ3v) is 6.26. The minimum atomic E-state index is 0.700. The summed E-state index contributed by atoms with van der Waals surface area (Å²) in [6.07, 6.45) is 10.4. The van der Waals surface area contributed by atoms with Crippen molar-refractivity contribution in [3.63, 3.8) is 0 Å². The maximum Gasteiger partial charge on any atom is 0.102 e. The van der Waals surface area contributed by atoms with Crippen molar-refractivity contribution in [3.05, 3.63) is 16.8 Å². The Kier molecular flexibility index (Phi) is 2.58. The van der Waals surface area contributed by atoms with Gasteiger partial charge in [-0.1, -0.05) is 19.3 Å². The molecule has 2 heterocycles. The van der Waals surface area contributed by atoms with Gasteiger partial charge in [-0.2, -0.15) is 0 Å². The molecule has 1 fully saturated rings. The summed E-state index contributed by atoms with van der Waals surface area (Å²) in [6.45, 7) is 0. The molecule has 0 bridgehead atoms. The van der Waals surface area contributed by atoms with Gasteiger partial charge in [0.1, 0.15) is 5.03 Å². The van der Waals surface area contributed by atoms with Crippen LogP contribution in [0.3, 0.4) is 0 Å². The second-order valence-corrected chi connectivity index (χ2v) is 7.15. The molecule has 2 atom stereocenters. The molecule has 2 aliphatic carbocycles. The van der Waals surface area contributed by atoms with Crippen LogP contribution in [0.1, 0.15) is 61.3 Å². The Morgan fingerprint density at radius 1 is 1.06 bits per heavy atom. The fraction of sp³-hybridized carbons (Fsp3) is 0.667. The largest absolute Gasteiger partial charge is 0.398 e. The van der Waals surface area contributed by atoms with Crippen LogP contribution in [-0.4, -0.2) is 10.2 Å². The van der Waals surface area contributed by atoms with Gasteiger partial charge in [0, 0.05) is 28.1 Å². The Balaban J connectivity index is 1.83. The molecule has 2 nitrogen and oxygen atoms in total. The third kappa shape index (κ3) is 1.52. The summed E-state index contributed by atoms with van der Waals surface area (Å²) in [7, 11) is 0. The molecule has 2 unspecified atom stereocenters. The Hall–Kier alpha value is -0.700. The molecule has 4 rings (SSSR count). The number of fused-ring (bicyclic) bond motifs is 4. The number of hydrogen-bond donors (Lipinski definition) is 1. The van der Waals surface area contributed by atoms with E-state index in [1.54, 1.807) is 0 Å². The maximum absolute atomic E-state index is 6.49. The van der Waals surface area contributed by atoms with Crippen LogP contribution in [0, 0.1) is 0 Å². The third-order valence-electron chi connectivity index (χ3n) is 4.86. The van der Waals surface area contributed by atoms with Gasteiger partial charge in [0.05, 0.1) is 0 Å². The van der Waals surface area contributed by atoms with E-state index >= 15 is 0 Å². The van der Waals surface area contributed by atoms with E-state index in [2.05, 4.69) is 0 Å². The fourth-order valence-corrected chi connectivity index (χ4v) is 5.50. The van der Waals surface area contributed by atoms with E-state index in [4.69, 9.17) is 10.7 Å². The van der Waals surface area contributed by atoms with Crippen molar-refractivity contribution < 1.29 is 0 Å². The molecule has 1 saturated carbocycles. The highest BCUT2D eigenvalue weighted by Crippen LogP contribution is 2.53. The number of aromatic nitrogens is 1. The predicted octanol–water partition coefficient (Wildman–Crippen LogP) is 3.67. The minimum absolute atomic E-state index is 0.700. The summed E-state index contributed by atoms with van der Waals surface area (Å²) in [5.41, 5.74) is 11.7. The lowest BCUT2D eigenvalue weighted by atomic mass is 9.90. The quantitative estimate of drug-likeness (QED) is 0.773. The van der Waals surface area contributed by atoms with Gasteiger partial charge in [-0.3, -0.25) is 0 Å². The molecule has 2 N–H and O–H groups in total. The molecule has 3 heteroatoms. The SMILES string of the molecule is Nc1c2c(nc3c1C1CCCCCC1S3)CCC2. The molecule has 1 aliphatic heterocycles. The van der Waals surface area contributed by atoms with E-state index in [0.29, 0.717) is 5.92 Å². The van der Waals surface area contributed by atoms with Crippen LogP contribution in [-0.2, 0) is 12.8 Å². The number of rotatable bonds is 0. The summed E-state index contributed by atoms with van der Waals surface area (Å²) in [4.78, 5) is 4.93. The van der Waals surface area contributed by atoms with Crippen molar-refractivity contribution in [3.8, 4) is 0 Å². The lowest BCUT2D eigenvalue weighted by molar-refractivity contribution is 0.611. The van der Waals surface area contributed by atoms with Gasteiger partial charge in [0.2, 0.25) is 0 Å². The van der Waals surface area contributed by atoms with Crippen molar-refractivity contribution >= 4 is 17.4 Å². The molecule has 0 saturated heterocycles. The fourth-order valence-electron chi connectivity index (χ4n) is 3.94. The van der Waals surface area contributed by atoms with Gasteiger partial charge in [-0.05, 0) is 37.7 Å². The normalized spacial score (nSPS) is 29.6. The van der Waals surface area contributed by atoms with Crippen LogP contribution in [0.15, 0.2) is 5.03 Å². The van der Waals surface area contributed by atoms with E-state index in [0.717, 1.165) is 23.8 Å². The standard InChI is InChI=1S/C15H20N2S/c16-14-9-6-4-7-11(9)17-15-13(14)10-5-2-1-3-8-12(10)18-15/h10,12H,1-8H2,(H2,16,17). The van der Waals surface area contributed by atoms with Crippen molar-refractivity contribution in [2.75, 3.05) is 5.73 Å². The molecular weight excluding hydrogens is 240 g/mol. The number of nitrogens with two attached hydrogens (primary N) is 1. The average Bonchev–Trinajstić information content (AvgIpc) is 2.89. The molecular formula is C15H20N2S. The van der Waals surface area contributed by atoms with Gasteiger partial charge in [0.25, 0.3) is 0 Å². The summed E-state index contributed by atoms with van der Waals surface area (Å²) in [6, 6.07) is 0. The van der Waals surface area contributed by atoms with E-state index in [1.165, 1.54) is 60.4 Å². The Morgan fingerprint density at radius 3 is 2.89 bits per heavy atom. The molecule has 1 aromatic rings. The summed E-state index contributed by atoms with van der Waals surface area (Å²) >= 11 is 2.02. The molecule has 0 spiro atoms. The first-order valence-electron chi connectivity index (χ1n) is 7.32. The van der Waals surface area contributed by atoms with Crippen molar-refractivity contribution in [2.45, 2.75) is 67.6 Å². The number of pyridine rings is 1. The molecule has 0 amide bonds. The summed E-state index contributed by atoms with van der Waals surface area (Å²) in [5.74, 6) is 0.700. The van der Waals surface area contributed by atoms with Gasteiger partial charge in [0.15, 0.2) is 0 Å². The van der Waals surface area contributed by atoms with Gasteiger partial charge in [-0.25, -0.2) is 4.98 Å². The molecule has 1 aromatic heterocycles. The van der Waals surface area contributed by atoms with E-state index in [-0.39, 0.29) is 0 Å². The lowest BCUT2D eigenvalue weighted by Crippen LogP contribution is -2.11. The second-order valence-electron chi connectivity index (χ2n) is 5.92. The van der Waals surface area contributed by atoms with Crippen molar-refractivity contribution in [1.82, 2.24) is 4.98 Å². The van der Waals surface area contributed by atoms with E-state index in [9.17, 15) is 0 Å². The van der Waals surface area contributed by atoms with Crippen LogP contribution in [0.5, 0.6) is 0 Å². The monoisotopic (exact) mass is 260 g/mol. The predicted molar refractivity (Wildman–Crippen MR) is 76.1 cm³/mol. The molecule has 0 aromatic carbocycles. The number of hydrogen-bond acceptors (Lipinski definition) is 3. The van der Waals surface area contributed by atoms with Gasteiger partial charge < -0.3 is 5.73 Å². The lowest BCUT2D eigenvalue weighted by Gasteiger charge is -2.17. The topological polar surface area (TPSA) is 38.9 Å². The van der Waals surface area contributed by atoms with Crippen LogP contribution in [0.4, 0.5) is 5.69 Å². The van der Waals surface area contributed by atoms with Crippen LogP contribution >= 0.6 is 11.8 Å². The number of thioether (sulfide) groups is 1. The van der Waals surface area contributed by atoms with Crippen LogP contribution in [0.2, 0.25) is 0 Å². The molecule has 18 heavy (non-hydrogen) atoms. The first-order chi connectivity index (χ1) is 8.84. The number of anilines is 1. The number of nitrogens with zero attached hydrogens (tertiary/aromatic N) is 1.